The molecule has 1 N–H and O–H groups in total. The van der Waals surface area contributed by atoms with Crippen LogP contribution in [0.3, 0.4) is 0 Å². The first kappa shape index (κ1) is 13.7. The number of hydrogen-bond donors (Lipinski definition) is 1. The van der Waals surface area contributed by atoms with Crippen LogP contribution < -0.4 is 22.5 Å². The molecule has 1 rings (SSSR count). The lowest BCUT2D eigenvalue weighted by molar-refractivity contribution is -0.642. The lowest BCUT2D eigenvalue weighted by atomic mass is 10.4. The summed E-state index contributed by atoms with van der Waals surface area (Å²) in [7, 11) is 0. The zero-order chi connectivity index (χ0) is 10.2. The molecule has 0 bridgehead atoms. The van der Waals surface area contributed by atoms with Crippen LogP contribution in [0.1, 0.15) is 19.8 Å². The van der Waals surface area contributed by atoms with Gasteiger partial charge in [0.05, 0.1) is 6.61 Å². The number of nitrogens with one attached hydrogen (secondary N) is 1. The minimum Gasteiger partial charge on any atom is -1.00 e. The van der Waals surface area contributed by atoms with E-state index in [1.807, 2.05) is 25.1 Å². The van der Waals surface area contributed by atoms with E-state index in [2.05, 4.69) is 5.43 Å². The second-order valence-electron chi connectivity index (χ2n) is 2.88. The SMILES string of the molecule is CCCCOC(=O)N[n+]1ccccc1.[Cl-]. The summed E-state index contributed by atoms with van der Waals surface area (Å²) < 4.78 is 6.47. The van der Waals surface area contributed by atoms with Crippen LogP contribution in [-0.4, -0.2) is 12.7 Å². The number of halogens is 1. The van der Waals surface area contributed by atoms with Crippen LogP contribution in [0.5, 0.6) is 0 Å². The van der Waals surface area contributed by atoms with E-state index in [9.17, 15) is 4.79 Å². The molecular formula is C10H15ClN2O2. The van der Waals surface area contributed by atoms with Crippen LogP contribution in [0.15, 0.2) is 30.6 Å². The monoisotopic (exact) mass is 230 g/mol. The fourth-order valence-electron chi connectivity index (χ4n) is 0.920. The third-order valence-corrected chi connectivity index (χ3v) is 1.67. The maximum Gasteiger partial charge on any atom is 0.461 e. The summed E-state index contributed by atoms with van der Waals surface area (Å²) >= 11 is 0. The summed E-state index contributed by atoms with van der Waals surface area (Å²) in [4.78, 5) is 11.1. The molecule has 0 saturated carbocycles. The molecule has 1 amide bonds. The van der Waals surface area contributed by atoms with E-state index < -0.39 is 6.09 Å². The van der Waals surface area contributed by atoms with E-state index in [0.717, 1.165) is 12.8 Å². The Kier molecular flexibility index (Phi) is 7.36. The molecule has 0 atom stereocenters. The van der Waals surface area contributed by atoms with Crippen molar-refractivity contribution in [3.63, 3.8) is 0 Å². The number of nitrogens with zero attached hydrogens (tertiary/aromatic N) is 1. The lowest BCUT2D eigenvalue weighted by Gasteiger charge is -2.01. The van der Waals surface area contributed by atoms with Gasteiger partial charge in [0.25, 0.3) is 0 Å². The van der Waals surface area contributed by atoms with Crippen molar-refractivity contribution in [2.75, 3.05) is 12.0 Å². The van der Waals surface area contributed by atoms with Crippen molar-refractivity contribution in [2.45, 2.75) is 19.8 Å². The molecule has 0 radical (unpaired) electrons. The standard InChI is InChI=1S/C10H14N2O2.ClH/c1-2-3-9-14-10(13)11-12-7-5-4-6-8-12;/h4-8H,2-3,9H2,1H3;1H. The largest absolute Gasteiger partial charge is 1.00 e. The molecule has 5 heteroatoms. The fraction of sp³-hybridized carbons (Fsp3) is 0.400. The zero-order valence-electron chi connectivity index (χ0n) is 8.65. The number of pyridine rings is 1. The summed E-state index contributed by atoms with van der Waals surface area (Å²) in [6, 6.07) is 5.53. The van der Waals surface area contributed by atoms with Gasteiger partial charge in [-0.3, -0.25) is 0 Å². The van der Waals surface area contributed by atoms with Crippen molar-refractivity contribution in [2.24, 2.45) is 0 Å². The van der Waals surface area contributed by atoms with E-state index in [1.165, 1.54) is 0 Å². The molecule has 1 aromatic rings. The van der Waals surface area contributed by atoms with Crippen LogP contribution in [0.25, 0.3) is 0 Å². The minimum atomic E-state index is -0.422. The number of hydrogen-bond acceptors (Lipinski definition) is 2. The zero-order valence-corrected chi connectivity index (χ0v) is 9.41. The molecule has 0 unspecified atom stereocenters. The van der Waals surface area contributed by atoms with Gasteiger partial charge in [0.2, 0.25) is 0 Å². The van der Waals surface area contributed by atoms with Crippen LogP contribution in [0.2, 0.25) is 0 Å². The fourth-order valence-corrected chi connectivity index (χ4v) is 0.920. The summed E-state index contributed by atoms with van der Waals surface area (Å²) in [6.45, 7) is 2.52. The Hall–Kier alpha value is -1.29. The molecule has 1 heterocycles. The van der Waals surface area contributed by atoms with Gasteiger partial charge in [-0.2, -0.15) is 0 Å². The van der Waals surface area contributed by atoms with Gasteiger partial charge >= 0.3 is 6.09 Å². The molecule has 0 fully saturated rings. The summed E-state index contributed by atoms with van der Waals surface area (Å²) in [5, 5.41) is 0. The van der Waals surface area contributed by atoms with Gasteiger partial charge in [0.1, 0.15) is 0 Å². The average Bonchev–Trinajstić information content (AvgIpc) is 2.20. The third kappa shape index (κ3) is 5.91. The Labute approximate surface area is 95.6 Å². The van der Waals surface area contributed by atoms with E-state index >= 15 is 0 Å². The smallest absolute Gasteiger partial charge is 0.461 e. The normalized spacial score (nSPS) is 8.87. The number of carbonyl (C=O) groups excluding carboxylic acids is 1. The Morgan fingerprint density at radius 1 is 1.33 bits per heavy atom. The average molecular weight is 231 g/mol. The molecule has 1 aromatic heterocycles. The van der Waals surface area contributed by atoms with Gasteiger partial charge in [-0.25, -0.2) is 4.79 Å². The topological polar surface area (TPSA) is 42.2 Å². The summed E-state index contributed by atoms with van der Waals surface area (Å²) in [5.41, 5.74) is 2.56. The summed E-state index contributed by atoms with van der Waals surface area (Å²) in [5.74, 6) is 0. The van der Waals surface area contributed by atoms with Crippen molar-refractivity contribution in [3.05, 3.63) is 30.6 Å². The van der Waals surface area contributed by atoms with Gasteiger partial charge in [-0.1, -0.05) is 29.5 Å². The Morgan fingerprint density at radius 3 is 2.60 bits per heavy atom. The molecule has 0 aliphatic rings. The number of aromatic nitrogens is 1. The molecular weight excluding hydrogens is 216 g/mol. The molecule has 0 aliphatic heterocycles. The maximum atomic E-state index is 11.1. The highest BCUT2D eigenvalue weighted by Gasteiger charge is 2.06. The van der Waals surface area contributed by atoms with Crippen LogP contribution >= 0.6 is 0 Å². The van der Waals surface area contributed by atoms with Crippen molar-refractivity contribution in [3.8, 4) is 0 Å². The highest BCUT2D eigenvalue weighted by molar-refractivity contribution is 5.73. The van der Waals surface area contributed by atoms with Crippen LogP contribution in [0.4, 0.5) is 4.79 Å². The quantitative estimate of drug-likeness (QED) is 0.503. The van der Waals surface area contributed by atoms with Gasteiger partial charge < -0.3 is 17.1 Å². The van der Waals surface area contributed by atoms with E-state index in [1.54, 1.807) is 17.1 Å². The van der Waals surface area contributed by atoms with Gasteiger partial charge in [-0.05, 0) is 6.42 Å². The molecule has 4 nitrogen and oxygen atoms in total. The van der Waals surface area contributed by atoms with Gasteiger partial charge in [-0.15, -0.1) is 0 Å². The van der Waals surface area contributed by atoms with Crippen molar-refractivity contribution < 1.29 is 26.6 Å². The second kappa shape index (κ2) is 8.05. The molecule has 84 valence electrons. The third-order valence-electron chi connectivity index (χ3n) is 1.67. The lowest BCUT2D eigenvalue weighted by Crippen LogP contribution is -3.00. The maximum absolute atomic E-state index is 11.1. The molecule has 0 aliphatic carbocycles. The molecule has 0 spiro atoms. The van der Waals surface area contributed by atoms with Gasteiger partial charge in [0, 0.05) is 12.1 Å². The predicted molar refractivity (Wildman–Crippen MR) is 52.3 cm³/mol. The molecule has 0 saturated heterocycles. The second-order valence-corrected chi connectivity index (χ2v) is 2.88. The van der Waals surface area contributed by atoms with E-state index in [4.69, 9.17) is 4.74 Å². The number of unbranched alkanes of at least 4 members (excludes halogenated alkanes) is 1. The van der Waals surface area contributed by atoms with Crippen molar-refractivity contribution in [1.82, 2.24) is 0 Å². The Bertz CT molecular complexity index is 280. The van der Waals surface area contributed by atoms with Crippen molar-refractivity contribution >= 4 is 6.09 Å². The first-order valence-electron chi connectivity index (χ1n) is 4.73. The predicted octanol–water partition coefficient (Wildman–Crippen LogP) is -1.54. The van der Waals surface area contributed by atoms with Crippen LogP contribution in [0, 0.1) is 0 Å². The highest BCUT2D eigenvalue weighted by atomic mass is 35.5. The first-order valence-corrected chi connectivity index (χ1v) is 4.73. The van der Waals surface area contributed by atoms with E-state index in [-0.39, 0.29) is 12.4 Å². The number of carbonyl (C=O) groups is 1. The van der Waals surface area contributed by atoms with E-state index in [0.29, 0.717) is 6.61 Å². The minimum absolute atomic E-state index is 0. The highest BCUT2D eigenvalue weighted by Crippen LogP contribution is 1.87. The Balaban J connectivity index is 0.00000196. The number of ether oxygens (including phenoxy) is 1. The number of rotatable bonds is 4. The summed E-state index contributed by atoms with van der Waals surface area (Å²) in [6.07, 6.45) is 4.97. The Morgan fingerprint density at radius 2 is 2.00 bits per heavy atom. The van der Waals surface area contributed by atoms with Crippen molar-refractivity contribution in [1.29, 1.82) is 0 Å². The van der Waals surface area contributed by atoms with Gasteiger partial charge in [0.15, 0.2) is 12.4 Å². The molecule has 0 aromatic carbocycles. The molecule has 15 heavy (non-hydrogen) atoms. The van der Waals surface area contributed by atoms with Crippen LogP contribution in [-0.2, 0) is 4.74 Å². The first-order chi connectivity index (χ1) is 6.83. The number of amides is 1.